The number of methoxy groups -OCH3 is 1. The molecule has 1 aromatic heterocycles. The van der Waals surface area contributed by atoms with E-state index in [1.165, 1.54) is 7.11 Å². The van der Waals surface area contributed by atoms with Crippen LogP contribution in [0.4, 0.5) is 0 Å². The smallest absolute Gasteiger partial charge is 0.313 e. The van der Waals surface area contributed by atoms with E-state index in [0.29, 0.717) is 0 Å². The lowest BCUT2D eigenvalue weighted by Gasteiger charge is -2.28. The van der Waals surface area contributed by atoms with E-state index in [1.54, 1.807) is 20.2 Å². The molecule has 2 rings (SSSR count). The van der Waals surface area contributed by atoms with Gasteiger partial charge in [0.05, 0.1) is 29.9 Å². The minimum absolute atomic E-state index is 0.318. The number of nitrogens with two attached hydrogens (primary N) is 1. The summed E-state index contributed by atoms with van der Waals surface area (Å²) in [5.74, 6) is -0.318. The van der Waals surface area contributed by atoms with Gasteiger partial charge in [0.2, 0.25) is 0 Å². The normalized spacial score (nSPS) is 13.5. The number of imidazole rings is 1. The monoisotopic (exact) mass is 261 g/mol. The number of carbonyl (C=O) groups excluding carboxylic acids is 1. The maximum absolute atomic E-state index is 11.8. The molecule has 0 saturated heterocycles. The number of esters is 1. The fraction of sp³-hybridized carbons (Fsp3) is 0.429. The minimum atomic E-state index is -0.781. The molecule has 1 atom stereocenters. The highest BCUT2D eigenvalue weighted by molar-refractivity contribution is 5.79. The second kappa shape index (κ2) is 4.66. The molecule has 19 heavy (non-hydrogen) atoms. The van der Waals surface area contributed by atoms with Gasteiger partial charge >= 0.3 is 5.97 Å². The van der Waals surface area contributed by atoms with Crippen LogP contribution < -0.4 is 5.73 Å². The van der Waals surface area contributed by atoms with Crippen LogP contribution in [-0.2, 0) is 16.6 Å². The van der Waals surface area contributed by atoms with Crippen LogP contribution in [0.25, 0.3) is 11.0 Å². The third-order valence-corrected chi connectivity index (χ3v) is 3.60. The maximum Gasteiger partial charge on any atom is 0.313 e. The molecule has 0 aliphatic rings. The molecule has 5 nitrogen and oxygen atoms in total. The van der Waals surface area contributed by atoms with Crippen LogP contribution in [0.15, 0.2) is 24.5 Å². The summed E-state index contributed by atoms with van der Waals surface area (Å²) in [7, 11) is 3.31. The fourth-order valence-electron chi connectivity index (χ4n) is 2.15. The number of carbonyl (C=O) groups is 1. The summed E-state index contributed by atoms with van der Waals surface area (Å²) in [6, 6.07) is 5.38. The van der Waals surface area contributed by atoms with Crippen LogP contribution in [0.1, 0.15) is 25.5 Å². The summed E-state index contributed by atoms with van der Waals surface area (Å²) >= 11 is 0. The van der Waals surface area contributed by atoms with Gasteiger partial charge in [0.1, 0.15) is 0 Å². The van der Waals surface area contributed by atoms with E-state index in [1.807, 2.05) is 29.8 Å². The van der Waals surface area contributed by atoms with Gasteiger partial charge in [-0.25, -0.2) is 4.98 Å². The number of hydrogen-bond donors (Lipinski definition) is 1. The van der Waals surface area contributed by atoms with Gasteiger partial charge in [0, 0.05) is 13.1 Å². The van der Waals surface area contributed by atoms with Crippen molar-refractivity contribution in [2.75, 3.05) is 7.11 Å². The van der Waals surface area contributed by atoms with Gasteiger partial charge < -0.3 is 15.0 Å². The van der Waals surface area contributed by atoms with Gasteiger partial charge in [-0.1, -0.05) is 6.07 Å². The Bertz CT molecular complexity index is 616. The number of fused-ring (bicyclic) bond motifs is 1. The molecular weight excluding hydrogens is 242 g/mol. The third kappa shape index (κ3) is 2.21. The number of hydrogen-bond acceptors (Lipinski definition) is 4. The average molecular weight is 261 g/mol. The van der Waals surface area contributed by atoms with Crippen LogP contribution in [0.2, 0.25) is 0 Å². The summed E-state index contributed by atoms with van der Waals surface area (Å²) < 4.78 is 6.75. The van der Waals surface area contributed by atoms with E-state index < -0.39 is 11.5 Å². The van der Waals surface area contributed by atoms with E-state index in [2.05, 4.69) is 4.98 Å². The molecule has 0 radical (unpaired) electrons. The quantitative estimate of drug-likeness (QED) is 0.855. The van der Waals surface area contributed by atoms with Gasteiger partial charge in [-0.15, -0.1) is 0 Å². The standard InChI is InChI=1S/C14H19N3O2/c1-14(2,13(18)19-4)12(15)9-5-6-11-10(7-9)16-8-17(11)3/h5-8,12H,15H2,1-4H3. The van der Waals surface area contributed by atoms with Crippen molar-refractivity contribution < 1.29 is 9.53 Å². The minimum Gasteiger partial charge on any atom is -0.469 e. The molecule has 1 aromatic carbocycles. The van der Waals surface area contributed by atoms with Crippen molar-refractivity contribution in [3.8, 4) is 0 Å². The lowest BCUT2D eigenvalue weighted by Crippen LogP contribution is -2.37. The largest absolute Gasteiger partial charge is 0.469 e. The molecule has 2 N–H and O–H groups in total. The van der Waals surface area contributed by atoms with Gasteiger partial charge in [-0.05, 0) is 31.5 Å². The summed E-state index contributed by atoms with van der Waals surface area (Å²) in [5, 5.41) is 0. The fourth-order valence-corrected chi connectivity index (χ4v) is 2.15. The van der Waals surface area contributed by atoms with Crippen LogP contribution >= 0.6 is 0 Å². The Balaban J connectivity index is 2.41. The highest BCUT2D eigenvalue weighted by Crippen LogP contribution is 2.33. The van der Waals surface area contributed by atoms with Crippen LogP contribution in [0.5, 0.6) is 0 Å². The van der Waals surface area contributed by atoms with Crippen LogP contribution in [0.3, 0.4) is 0 Å². The lowest BCUT2D eigenvalue weighted by atomic mass is 9.81. The topological polar surface area (TPSA) is 70.1 Å². The van der Waals surface area contributed by atoms with Crippen molar-refractivity contribution in [1.82, 2.24) is 9.55 Å². The van der Waals surface area contributed by atoms with E-state index in [4.69, 9.17) is 10.5 Å². The zero-order valence-corrected chi connectivity index (χ0v) is 11.7. The number of aryl methyl sites for hydroxylation is 1. The van der Waals surface area contributed by atoms with Crippen molar-refractivity contribution in [2.45, 2.75) is 19.9 Å². The van der Waals surface area contributed by atoms with E-state index in [9.17, 15) is 4.79 Å². The Kier molecular flexibility index (Phi) is 3.32. The predicted octanol–water partition coefficient (Wildman–Crippen LogP) is 1.77. The molecule has 0 aliphatic heterocycles. The predicted molar refractivity (Wildman–Crippen MR) is 73.4 cm³/mol. The molecular formula is C14H19N3O2. The molecule has 0 saturated carbocycles. The first-order valence-electron chi connectivity index (χ1n) is 6.13. The van der Waals surface area contributed by atoms with Crippen molar-refractivity contribution in [2.24, 2.45) is 18.2 Å². The molecule has 0 spiro atoms. The Morgan fingerprint density at radius 1 is 1.47 bits per heavy atom. The van der Waals surface area contributed by atoms with E-state index >= 15 is 0 Å². The highest BCUT2D eigenvalue weighted by Gasteiger charge is 2.36. The SMILES string of the molecule is COC(=O)C(C)(C)C(N)c1ccc2c(c1)ncn2C. The van der Waals surface area contributed by atoms with Crippen molar-refractivity contribution in [3.05, 3.63) is 30.1 Å². The zero-order chi connectivity index (χ0) is 14.2. The first-order chi connectivity index (χ1) is 8.87. The summed E-state index contributed by atoms with van der Waals surface area (Å²) in [4.78, 5) is 16.1. The Morgan fingerprint density at radius 2 is 2.16 bits per heavy atom. The number of benzene rings is 1. The second-order valence-electron chi connectivity index (χ2n) is 5.29. The first-order valence-corrected chi connectivity index (χ1v) is 6.13. The summed E-state index contributed by atoms with van der Waals surface area (Å²) in [6.07, 6.45) is 1.76. The third-order valence-electron chi connectivity index (χ3n) is 3.60. The molecule has 1 unspecified atom stereocenters. The van der Waals surface area contributed by atoms with Crippen LogP contribution in [-0.4, -0.2) is 22.6 Å². The van der Waals surface area contributed by atoms with Gasteiger partial charge in [0.15, 0.2) is 0 Å². The first kappa shape index (κ1) is 13.5. The number of ether oxygens (including phenoxy) is 1. The van der Waals surface area contributed by atoms with Gasteiger partial charge in [-0.3, -0.25) is 4.79 Å². The van der Waals surface area contributed by atoms with Crippen molar-refractivity contribution in [1.29, 1.82) is 0 Å². The van der Waals surface area contributed by atoms with Crippen molar-refractivity contribution in [3.63, 3.8) is 0 Å². The Hall–Kier alpha value is -1.88. The number of rotatable bonds is 3. The van der Waals surface area contributed by atoms with E-state index in [-0.39, 0.29) is 5.97 Å². The molecule has 5 heteroatoms. The lowest BCUT2D eigenvalue weighted by molar-refractivity contribution is -0.152. The number of aromatic nitrogens is 2. The molecule has 0 fully saturated rings. The molecule has 0 bridgehead atoms. The molecule has 1 heterocycles. The Morgan fingerprint density at radius 3 is 2.79 bits per heavy atom. The Labute approximate surface area is 112 Å². The average Bonchev–Trinajstić information content (AvgIpc) is 2.77. The van der Waals surface area contributed by atoms with Crippen LogP contribution in [0, 0.1) is 5.41 Å². The highest BCUT2D eigenvalue weighted by atomic mass is 16.5. The summed E-state index contributed by atoms with van der Waals surface area (Å²) in [5.41, 5.74) is 8.21. The maximum atomic E-state index is 11.8. The number of nitrogens with zero attached hydrogens (tertiary/aromatic N) is 2. The van der Waals surface area contributed by atoms with Gasteiger partial charge in [-0.2, -0.15) is 0 Å². The molecule has 0 aliphatic carbocycles. The van der Waals surface area contributed by atoms with Crippen molar-refractivity contribution >= 4 is 17.0 Å². The van der Waals surface area contributed by atoms with E-state index in [0.717, 1.165) is 16.6 Å². The zero-order valence-electron chi connectivity index (χ0n) is 11.7. The molecule has 2 aromatic rings. The second-order valence-corrected chi connectivity index (χ2v) is 5.29. The molecule has 102 valence electrons. The van der Waals surface area contributed by atoms with Gasteiger partial charge in [0.25, 0.3) is 0 Å². The summed E-state index contributed by atoms with van der Waals surface area (Å²) in [6.45, 7) is 3.57. The molecule has 0 amide bonds.